The summed E-state index contributed by atoms with van der Waals surface area (Å²) in [6.45, 7) is 0. The molecule has 27 heavy (non-hydrogen) atoms. The molecule has 1 aliphatic heterocycles. The monoisotopic (exact) mass is 428 g/mol. The lowest BCUT2D eigenvalue weighted by molar-refractivity contribution is 0.352. The van der Waals surface area contributed by atoms with Gasteiger partial charge in [0.05, 0.1) is 24.2 Å². The number of halogens is 1. The Balaban J connectivity index is 1.94. The highest BCUT2D eigenvalue weighted by Crippen LogP contribution is 2.44. The molecule has 138 valence electrons. The maximum absolute atomic E-state index is 11.8. The number of pyridine rings is 1. The molecule has 6 nitrogen and oxygen atoms in total. The SMILES string of the molecule is COc1cc(C2C=C(N)Oc3c2ccc2ccc(=O)[nH]c32)cc(Br)c1OC. The largest absolute Gasteiger partial charge is 0.493 e. The summed E-state index contributed by atoms with van der Waals surface area (Å²) in [5, 5.41) is 0.871. The van der Waals surface area contributed by atoms with Gasteiger partial charge in [0.25, 0.3) is 0 Å². The van der Waals surface area contributed by atoms with Crippen molar-refractivity contribution in [2.75, 3.05) is 14.2 Å². The Kier molecular flexibility index (Phi) is 4.31. The third kappa shape index (κ3) is 2.94. The highest BCUT2D eigenvalue weighted by molar-refractivity contribution is 9.10. The van der Waals surface area contributed by atoms with E-state index in [-0.39, 0.29) is 17.4 Å². The number of nitrogens with two attached hydrogens (primary N) is 1. The number of H-pyrrole nitrogens is 1. The summed E-state index contributed by atoms with van der Waals surface area (Å²) < 4.78 is 17.4. The van der Waals surface area contributed by atoms with Crippen molar-refractivity contribution in [1.29, 1.82) is 0 Å². The minimum Gasteiger partial charge on any atom is -0.493 e. The average Bonchev–Trinajstić information content (AvgIpc) is 2.66. The van der Waals surface area contributed by atoms with Crippen molar-refractivity contribution >= 4 is 26.8 Å². The first kappa shape index (κ1) is 17.5. The molecule has 2 aromatic carbocycles. The number of aromatic nitrogens is 1. The van der Waals surface area contributed by atoms with Gasteiger partial charge in [-0.1, -0.05) is 12.1 Å². The molecule has 0 bridgehead atoms. The Hall–Kier alpha value is -2.93. The maximum atomic E-state index is 11.8. The summed E-state index contributed by atoms with van der Waals surface area (Å²) in [6, 6.07) is 11.0. The number of fused-ring (bicyclic) bond motifs is 3. The Labute approximate surface area is 163 Å². The first-order valence-electron chi connectivity index (χ1n) is 8.24. The van der Waals surface area contributed by atoms with Crippen LogP contribution in [0, 0.1) is 0 Å². The quantitative estimate of drug-likeness (QED) is 0.664. The zero-order valence-electron chi connectivity index (χ0n) is 14.7. The summed E-state index contributed by atoms with van der Waals surface area (Å²) in [4.78, 5) is 14.7. The van der Waals surface area contributed by atoms with Crippen molar-refractivity contribution in [3.05, 3.63) is 74.3 Å². The topological polar surface area (TPSA) is 86.6 Å². The molecule has 1 unspecified atom stereocenters. The molecular weight excluding hydrogens is 412 g/mol. The second-order valence-electron chi connectivity index (χ2n) is 6.16. The van der Waals surface area contributed by atoms with Crippen LogP contribution in [-0.4, -0.2) is 19.2 Å². The minimum atomic E-state index is -0.196. The third-order valence-corrected chi connectivity index (χ3v) is 5.17. The van der Waals surface area contributed by atoms with E-state index in [2.05, 4.69) is 20.9 Å². The van der Waals surface area contributed by atoms with Gasteiger partial charge in [-0.2, -0.15) is 0 Å². The number of allylic oxidation sites excluding steroid dienone is 1. The Bertz CT molecular complexity index is 1140. The molecule has 0 saturated heterocycles. The summed E-state index contributed by atoms with van der Waals surface area (Å²) in [5.74, 6) is 1.89. The molecule has 0 aliphatic carbocycles. The van der Waals surface area contributed by atoms with E-state index in [1.807, 2.05) is 30.3 Å². The van der Waals surface area contributed by atoms with Crippen molar-refractivity contribution < 1.29 is 14.2 Å². The van der Waals surface area contributed by atoms with Gasteiger partial charge in [0.1, 0.15) is 0 Å². The van der Waals surface area contributed by atoms with E-state index < -0.39 is 0 Å². The summed E-state index contributed by atoms with van der Waals surface area (Å²) in [7, 11) is 3.18. The maximum Gasteiger partial charge on any atom is 0.248 e. The van der Waals surface area contributed by atoms with Gasteiger partial charge in [0, 0.05) is 22.9 Å². The lowest BCUT2D eigenvalue weighted by atomic mass is 9.88. The molecule has 7 heteroatoms. The number of ether oxygens (including phenoxy) is 3. The second-order valence-corrected chi connectivity index (χ2v) is 7.01. The molecule has 0 spiro atoms. The van der Waals surface area contributed by atoms with Crippen LogP contribution in [0.1, 0.15) is 17.0 Å². The predicted molar refractivity (Wildman–Crippen MR) is 107 cm³/mol. The van der Waals surface area contributed by atoms with Gasteiger partial charge in [0.15, 0.2) is 23.1 Å². The molecule has 1 atom stereocenters. The number of nitrogens with one attached hydrogen (secondary N) is 1. The van der Waals surface area contributed by atoms with Gasteiger partial charge in [-0.05, 0) is 45.8 Å². The molecule has 1 aromatic heterocycles. The second kappa shape index (κ2) is 6.66. The van der Waals surface area contributed by atoms with Gasteiger partial charge in [-0.15, -0.1) is 0 Å². The van der Waals surface area contributed by atoms with Crippen LogP contribution in [0.15, 0.2) is 57.6 Å². The summed E-state index contributed by atoms with van der Waals surface area (Å²) >= 11 is 3.53. The number of methoxy groups -OCH3 is 2. The van der Waals surface area contributed by atoms with E-state index in [9.17, 15) is 4.79 Å². The van der Waals surface area contributed by atoms with Crippen LogP contribution < -0.4 is 25.5 Å². The van der Waals surface area contributed by atoms with Crippen LogP contribution in [0.5, 0.6) is 17.2 Å². The highest BCUT2D eigenvalue weighted by atomic mass is 79.9. The first-order chi connectivity index (χ1) is 13.0. The van der Waals surface area contributed by atoms with Crippen molar-refractivity contribution in [2.45, 2.75) is 5.92 Å². The van der Waals surface area contributed by atoms with Gasteiger partial charge in [-0.25, -0.2) is 0 Å². The molecule has 0 saturated carbocycles. The van der Waals surface area contributed by atoms with Gasteiger partial charge < -0.3 is 24.9 Å². The lowest BCUT2D eigenvalue weighted by Crippen LogP contribution is -2.17. The normalized spacial score (nSPS) is 15.7. The smallest absolute Gasteiger partial charge is 0.248 e. The van der Waals surface area contributed by atoms with Crippen molar-refractivity contribution in [1.82, 2.24) is 4.98 Å². The Morgan fingerprint density at radius 3 is 2.67 bits per heavy atom. The van der Waals surface area contributed by atoms with Crippen LogP contribution in [0.4, 0.5) is 0 Å². The number of hydrogen-bond acceptors (Lipinski definition) is 5. The van der Waals surface area contributed by atoms with Crippen molar-refractivity contribution in [3.8, 4) is 17.2 Å². The van der Waals surface area contributed by atoms with E-state index in [0.29, 0.717) is 22.8 Å². The zero-order chi connectivity index (χ0) is 19.1. The fourth-order valence-corrected chi connectivity index (χ4v) is 3.99. The van der Waals surface area contributed by atoms with Crippen molar-refractivity contribution in [3.63, 3.8) is 0 Å². The Morgan fingerprint density at radius 1 is 1.15 bits per heavy atom. The van der Waals surface area contributed by atoms with Gasteiger partial charge >= 0.3 is 0 Å². The van der Waals surface area contributed by atoms with Gasteiger partial charge in [-0.3, -0.25) is 4.79 Å². The standard InChI is InChI=1S/C20H17BrN2O4/c1-25-15-8-11(7-14(21)20(15)26-2)13-9-16(22)27-19-12(13)5-3-10-4-6-17(24)23-18(10)19/h3-9,13H,22H2,1-2H3,(H,23,24). The number of hydrogen-bond donors (Lipinski definition) is 2. The number of aromatic amines is 1. The average molecular weight is 429 g/mol. The van der Waals surface area contributed by atoms with Crippen LogP contribution in [-0.2, 0) is 0 Å². The molecule has 0 fully saturated rings. The van der Waals surface area contributed by atoms with E-state index >= 15 is 0 Å². The van der Waals surface area contributed by atoms with E-state index in [4.69, 9.17) is 19.9 Å². The molecule has 4 rings (SSSR count). The fraction of sp³-hybridized carbons (Fsp3) is 0.150. The van der Waals surface area contributed by atoms with Gasteiger partial charge in [0.2, 0.25) is 5.56 Å². The molecule has 1 aliphatic rings. The Morgan fingerprint density at radius 2 is 1.93 bits per heavy atom. The first-order valence-corrected chi connectivity index (χ1v) is 9.03. The van der Waals surface area contributed by atoms with E-state index in [0.717, 1.165) is 21.0 Å². The predicted octanol–water partition coefficient (Wildman–Crippen LogP) is 3.63. The molecule has 3 aromatic rings. The third-order valence-electron chi connectivity index (χ3n) is 4.58. The summed E-state index contributed by atoms with van der Waals surface area (Å²) in [6.07, 6.45) is 1.84. The molecule has 0 radical (unpaired) electrons. The van der Waals surface area contributed by atoms with Crippen LogP contribution >= 0.6 is 15.9 Å². The minimum absolute atomic E-state index is 0.169. The van der Waals surface area contributed by atoms with Crippen LogP contribution in [0.2, 0.25) is 0 Å². The number of benzene rings is 2. The van der Waals surface area contributed by atoms with Crippen LogP contribution in [0.25, 0.3) is 10.9 Å². The fourth-order valence-electron chi connectivity index (χ4n) is 3.37. The molecule has 0 amide bonds. The number of rotatable bonds is 3. The summed E-state index contributed by atoms with van der Waals surface area (Å²) in [5.41, 5.74) is 8.33. The van der Waals surface area contributed by atoms with E-state index in [1.165, 1.54) is 6.07 Å². The highest BCUT2D eigenvalue weighted by Gasteiger charge is 2.26. The molecule has 3 N–H and O–H groups in total. The lowest BCUT2D eigenvalue weighted by Gasteiger charge is -2.25. The van der Waals surface area contributed by atoms with Crippen molar-refractivity contribution in [2.24, 2.45) is 5.73 Å². The van der Waals surface area contributed by atoms with Crippen LogP contribution in [0.3, 0.4) is 0 Å². The molecular formula is C20H17BrN2O4. The van der Waals surface area contributed by atoms with E-state index in [1.54, 1.807) is 20.3 Å². The molecule has 2 heterocycles. The zero-order valence-corrected chi connectivity index (χ0v) is 16.3.